The number of esters is 1. The second-order valence-corrected chi connectivity index (χ2v) is 17.9. The van der Waals surface area contributed by atoms with Gasteiger partial charge >= 0.3 is 5.97 Å². The van der Waals surface area contributed by atoms with E-state index in [9.17, 15) is 14.4 Å². The first-order valence-electron chi connectivity index (χ1n) is 25.6. The molecule has 0 spiro atoms. The average Bonchev–Trinajstić information content (AvgIpc) is 3.23. The van der Waals surface area contributed by atoms with Crippen molar-refractivity contribution in [2.24, 2.45) is 5.92 Å². The van der Waals surface area contributed by atoms with Gasteiger partial charge in [-0.2, -0.15) is 0 Å². The van der Waals surface area contributed by atoms with E-state index in [1.807, 2.05) is 0 Å². The van der Waals surface area contributed by atoms with Crippen LogP contribution in [0.3, 0.4) is 0 Å². The summed E-state index contributed by atoms with van der Waals surface area (Å²) >= 11 is 0. The molecule has 0 fully saturated rings. The van der Waals surface area contributed by atoms with Crippen molar-refractivity contribution in [3.05, 3.63) is 20.4 Å². The van der Waals surface area contributed by atoms with E-state index in [0.29, 0.717) is 24.3 Å². The Hall–Kier alpha value is -1.89. The molecule has 1 rings (SSSR count). The van der Waals surface area contributed by atoms with E-state index in [-0.39, 0.29) is 12.1 Å². The van der Waals surface area contributed by atoms with Gasteiger partial charge < -0.3 is 20.3 Å². The van der Waals surface area contributed by atoms with Crippen molar-refractivity contribution in [2.45, 2.75) is 259 Å². The zero-order valence-corrected chi connectivity index (χ0v) is 39.3. The molecular weight excluding hydrogens is 719 g/mol. The Labute approximate surface area is 359 Å². The standard InChI is InChI=1S/C51H97N3O4/c1-6-10-13-16-23-30-38-46(39-31-24-17-14-11-7-2)58-47(55)40-32-25-20-27-34-43-54(44-35-41-53-49-48(52-5)50(56)51(49)57)42-33-26-19-18-22-29-37-45(9-4)36-28-21-15-12-8-3/h45-46,52-53H,6-44H2,1-5H3. The van der Waals surface area contributed by atoms with Crippen LogP contribution in [0.25, 0.3) is 0 Å². The van der Waals surface area contributed by atoms with Crippen LogP contribution in [-0.2, 0) is 9.53 Å². The Morgan fingerprint density at radius 1 is 0.500 bits per heavy atom. The normalized spacial score (nSPS) is 12.3. The summed E-state index contributed by atoms with van der Waals surface area (Å²) in [4.78, 5) is 39.2. The molecule has 1 unspecified atom stereocenters. The topological polar surface area (TPSA) is 87.7 Å². The van der Waals surface area contributed by atoms with Crippen LogP contribution >= 0.6 is 0 Å². The number of hydrogen-bond donors (Lipinski definition) is 2. The Balaban J connectivity index is 2.39. The predicted molar refractivity (Wildman–Crippen MR) is 253 cm³/mol. The lowest BCUT2D eigenvalue weighted by molar-refractivity contribution is -0.150. The molecule has 0 aliphatic rings. The molecule has 0 aliphatic heterocycles. The van der Waals surface area contributed by atoms with E-state index in [4.69, 9.17) is 4.74 Å². The summed E-state index contributed by atoms with van der Waals surface area (Å²) in [6, 6.07) is 0. The zero-order chi connectivity index (χ0) is 42.3. The molecule has 0 saturated heterocycles. The lowest BCUT2D eigenvalue weighted by Gasteiger charge is -2.23. The molecule has 0 aliphatic carbocycles. The summed E-state index contributed by atoms with van der Waals surface area (Å²) in [6.45, 7) is 13.1. The largest absolute Gasteiger partial charge is 0.462 e. The predicted octanol–water partition coefficient (Wildman–Crippen LogP) is 14.3. The molecule has 1 aromatic carbocycles. The molecule has 0 radical (unpaired) electrons. The van der Waals surface area contributed by atoms with Gasteiger partial charge in [0.1, 0.15) is 17.5 Å². The third-order valence-corrected chi connectivity index (χ3v) is 12.7. The first kappa shape index (κ1) is 54.1. The summed E-state index contributed by atoms with van der Waals surface area (Å²) in [5.74, 6) is 0.952. The summed E-state index contributed by atoms with van der Waals surface area (Å²) in [6.07, 6.45) is 43.8. The molecule has 1 aromatic rings. The summed E-state index contributed by atoms with van der Waals surface area (Å²) in [5.41, 5.74) is 0.0566. The van der Waals surface area contributed by atoms with E-state index >= 15 is 0 Å². The number of nitrogens with zero attached hydrogens (tertiary/aromatic N) is 1. The number of hydrogen-bond acceptors (Lipinski definition) is 7. The fourth-order valence-corrected chi connectivity index (χ4v) is 8.66. The van der Waals surface area contributed by atoms with Crippen molar-refractivity contribution >= 4 is 17.3 Å². The monoisotopic (exact) mass is 816 g/mol. The van der Waals surface area contributed by atoms with E-state index < -0.39 is 10.9 Å². The first-order chi connectivity index (χ1) is 28.4. The van der Waals surface area contributed by atoms with Gasteiger partial charge in [-0.15, -0.1) is 0 Å². The van der Waals surface area contributed by atoms with Gasteiger partial charge in [0, 0.05) is 20.0 Å². The molecule has 58 heavy (non-hydrogen) atoms. The number of carbonyl (C=O) groups is 1. The van der Waals surface area contributed by atoms with E-state index in [0.717, 1.165) is 64.1 Å². The number of carbonyl (C=O) groups excluding carboxylic acids is 1. The molecule has 340 valence electrons. The van der Waals surface area contributed by atoms with E-state index in [1.54, 1.807) is 7.05 Å². The van der Waals surface area contributed by atoms with Crippen LogP contribution in [0.15, 0.2) is 9.59 Å². The minimum atomic E-state index is -0.414. The molecule has 7 heteroatoms. The molecule has 0 aromatic heterocycles. The quantitative estimate of drug-likeness (QED) is 0.0385. The Bertz CT molecular complexity index is 1120. The van der Waals surface area contributed by atoms with Crippen molar-refractivity contribution in [3.63, 3.8) is 0 Å². The lowest BCUT2D eigenvalue weighted by Crippen LogP contribution is -2.37. The fourth-order valence-electron chi connectivity index (χ4n) is 8.66. The van der Waals surface area contributed by atoms with Gasteiger partial charge in [-0.05, 0) is 76.9 Å². The van der Waals surface area contributed by atoms with Gasteiger partial charge in [0.05, 0.1) is 0 Å². The lowest BCUT2D eigenvalue weighted by atomic mass is 9.92. The van der Waals surface area contributed by atoms with Crippen LogP contribution < -0.4 is 21.5 Å². The van der Waals surface area contributed by atoms with Crippen LogP contribution in [0, 0.1) is 5.92 Å². The molecule has 0 amide bonds. The molecule has 2 N–H and O–H groups in total. The van der Waals surface area contributed by atoms with Gasteiger partial charge in [-0.3, -0.25) is 14.4 Å². The van der Waals surface area contributed by atoms with E-state index in [2.05, 4.69) is 43.2 Å². The Morgan fingerprint density at radius 2 is 0.897 bits per heavy atom. The smallest absolute Gasteiger partial charge is 0.306 e. The summed E-state index contributed by atoms with van der Waals surface area (Å²) in [5, 5.41) is 6.07. The van der Waals surface area contributed by atoms with Crippen molar-refractivity contribution in [1.29, 1.82) is 0 Å². The first-order valence-corrected chi connectivity index (χ1v) is 25.6. The average molecular weight is 816 g/mol. The highest BCUT2D eigenvalue weighted by Gasteiger charge is 2.19. The van der Waals surface area contributed by atoms with Gasteiger partial charge in [0.2, 0.25) is 0 Å². The van der Waals surface area contributed by atoms with Crippen LogP contribution in [0.1, 0.15) is 252 Å². The van der Waals surface area contributed by atoms with Gasteiger partial charge in [0.15, 0.2) is 0 Å². The van der Waals surface area contributed by atoms with Crippen LogP contribution in [0.4, 0.5) is 11.4 Å². The van der Waals surface area contributed by atoms with Crippen molar-refractivity contribution in [3.8, 4) is 0 Å². The highest BCUT2D eigenvalue weighted by atomic mass is 16.5. The van der Waals surface area contributed by atoms with Gasteiger partial charge in [-0.25, -0.2) is 0 Å². The minimum absolute atomic E-state index is 0.0191. The SMILES string of the molecule is CCCCCCCCC(CCCCCCCC)OC(=O)CCCCCCCN(CCCCCCCCC(CC)CCCCCCC)CCCNc1c(NC)c(=O)c1=O. The van der Waals surface area contributed by atoms with Crippen molar-refractivity contribution < 1.29 is 9.53 Å². The van der Waals surface area contributed by atoms with Crippen molar-refractivity contribution in [2.75, 3.05) is 43.9 Å². The second kappa shape index (κ2) is 39.3. The van der Waals surface area contributed by atoms with Gasteiger partial charge in [0.25, 0.3) is 10.9 Å². The Kier molecular flexibility index (Phi) is 36.6. The maximum Gasteiger partial charge on any atom is 0.306 e. The van der Waals surface area contributed by atoms with Crippen LogP contribution in [0.2, 0.25) is 0 Å². The summed E-state index contributed by atoms with van der Waals surface area (Å²) < 4.78 is 6.08. The minimum Gasteiger partial charge on any atom is -0.462 e. The Morgan fingerprint density at radius 3 is 1.36 bits per heavy atom. The molecule has 0 saturated carbocycles. The number of ether oxygens (including phenoxy) is 1. The molecule has 0 bridgehead atoms. The molecule has 0 heterocycles. The fraction of sp³-hybridized carbons (Fsp3) is 0.902. The second-order valence-electron chi connectivity index (χ2n) is 17.9. The third-order valence-electron chi connectivity index (χ3n) is 12.7. The maximum atomic E-state index is 12.9. The third kappa shape index (κ3) is 28.6. The van der Waals surface area contributed by atoms with Crippen LogP contribution in [0.5, 0.6) is 0 Å². The van der Waals surface area contributed by atoms with Crippen molar-refractivity contribution in [1.82, 2.24) is 4.90 Å². The highest BCUT2D eigenvalue weighted by molar-refractivity contribution is 5.73. The van der Waals surface area contributed by atoms with Gasteiger partial charge in [-0.1, -0.05) is 195 Å². The van der Waals surface area contributed by atoms with E-state index in [1.165, 1.54) is 180 Å². The molecular formula is C51H97N3O4. The van der Waals surface area contributed by atoms with Crippen LogP contribution in [-0.4, -0.2) is 50.2 Å². The number of nitrogens with one attached hydrogen (secondary N) is 2. The zero-order valence-electron chi connectivity index (χ0n) is 39.3. The molecule has 1 atom stereocenters. The maximum absolute atomic E-state index is 12.9. The highest BCUT2D eigenvalue weighted by Crippen LogP contribution is 2.22. The number of rotatable bonds is 45. The molecule has 7 nitrogen and oxygen atoms in total. The number of anilines is 2. The summed E-state index contributed by atoms with van der Waals surface area (Å²) in [7, 11) is 1.69. The number of unbranched alkanes of at least 4 members (excludes halogenated alkanes) is 23.